The summed E-state index contributed by atoms with van der Waals surface area (Å²) in [4.78, 5) is 7.28. The minimum atomic E-state index is 0.963. The number of aryl methyl sites for hydroxylation is 1. The standard InChI is InChI=1S/C17H22N4O/c1-14-16(13-18-22-2)17(20-11-7-4-8-12-20)21(19-14)15-9-5-3-6-10-15/h3,5-6,9-10,13H,4,7-8,11-12H2,1-2H3. The molecule has 0 saturated carbocycles. The largest absolute Gasteiger partial charge is 0.399 e. The second-order valence-corrected chi connectivity index (χ2v) is 5.53. The lowest BCUT2D eigenvalue weighted by atomic mass is 10.1. The molecule has 0 aliphatic carbocycles. The maximum absolute atomic E-state index is 4.87. The monoisotopic (exact) mass is 298 g/mol. The first kappa shape index (κ1) is 14.6. The Bertz CT molecular complexity index is 642. The van der Waals surface area contributed by atoms with Crippen molar-refractivity contribution in [2.75, 3.05) is 25.1 Å². The molecule has 22 heavy (non-hydrogen) atoms. The Hall–Kier alpha value is -2.30. The predicted octanol–water partition coefficient (Wildman–Crippen LogP) is 3.15. The molecule has 0 spiro atoms. The Morgan fingerprint density at radius 2 is 1.86 bits per heavy atom. The molecular formula is C17H22N4O. The highest BCUT2D eigenvalue weighted by atomic mass is 16.6. The van der Waals surface area contributed by atoms with Crippen LogP contribution < -0.4 is 4.90 Å². The zero-order valence-corrected chi connectivity index (χ0v) is 13.2. The van der Waals surface area contributed by atoms with Crippen LogP contribution >= 0.6 is 0 Å². The molecule has 0 amide bonds. The van der Waals surface area contributed by atoms with E-state index in [4.69, 9.17) is 9.94 Å². The van der Waals surface area contributed by atoms with Gasteiger partial charge in [0.2, 0.25) is 0 Å². The number of anilines is 1. The van der Waals surface area contributed by atoms with Gasteiger partial charge in [-0.25, -0.2) is 4.68 Å². The number of aromatic nitrogens is 2. The predicted molar refractivity (Wildman–Crippen MR) is 89.0 cm³/mol. The van der Waals surface area contributed by atoms with Crippen LogP contribution in [0.25, 0.3) is 5.69 Å². The van der Waals surface area contributed by atoms with E-state index in [9.17, 15) is 0 Å². The third-order valence-corrected chi connectivity index (χ3v) is 4.02. The lowest BCUT2D eigenvalue weighted by Gasteiger charge is -2.29. The van der Waals surface area contributed by atoms with E-state index in [1.54, 1.807) is 13.3 Å². The number of piperidine rings is 1. The van der Waals surface area contributed by atoms with E-state index in [2.05, 4.69) is 22.2 Å². The van der Waals surface area contributed by atoms with Crippen molar-refractivity contribution in [2.45, 2.75) is 26.2 Å². The van der Waals surface area contributed by atoms with Crippen LogP contribution in [0.2, 0.25) is 0 Å². The van der Waals surface area contributed by atoms with Gasteiger partial charge in [-0.3, -0.25) is 0 Å². The van der Waals surface area contributed by atoms with Gasteiger partial charge in [-0.2, -0.15) is 5.10 Å². The number of rotatable bonds is 4. The molecule has 1 aromatic heterocycles. The van der Waals surface area contributed by atoms with Crippen molar-refractivity contribution in [3.05, 3.63) is 41.6 Å². The van der Waals surface area contributed by atoms with Crippen LogP contribution in [0.15, 0.2) is 35.5 Å². The Labute approximate surface area is 131 Å². The summed E-state index contributed by atoms with van der Waals surface area (Å²) >= 11 is 0. The molecule has 1 aliphatic heterocycles. The summed E-state index contributed by atoms with van der Waals surface area (Å²) in [7, 11) is 1.56. The second-order valence-electron chi connectivity index (χ2n) is 5.53. The molecular weight excluding hydrogens is 276 g/mol. The molecule has 1 aliphatic rings. The van der Waals surface area contributed by atoms with Crippen LogP contribution in [-0.2, 0) is 4.84 Å². The number of hydrogen-bond donors (Lipinski definition) is 0. The van der Waals surface area contributed by atoms with Crippen LogP contribution in [-0.4, -0.2) is 36.2 Å². The molecule has 0 N–H and O–H groups in total. The number of nitrogens with zero attached hydrogens (tertiary/aromatic N) is 4. The fourth-order valence-electron chi connectivity index (χ4n) is 2.94. The fraction of sp³-hybridized carbons (Fsp3) is 0.412. The lowest BCUT2D eigenvalue weighted by Crippen LogP contribution is -2.32. The number of para-hydroxylation sites is 1. The first-order chi connectivity index (χ1) is 10.8. The first-order valence-electron chi connectivity index (χ1n) is 7.78. The van der Waals surface area contributed by atoms with Crippen LogP contribution in [0, 0.1) is 6.92 Å². The normalized spacial score (nSPS) is 15.5. The minimum Gasteiger partial charge on any atom is -0.399 e. The summed E-state index contributed by atoms with van der Waals surface area (Å²) in [6, 6.07) is 10.3. The van der Waals surface area contributed by atoms with Crippen molar-refractivity contribution < 1.29 is 4.84 Å². The summed E-state index contributed by atoms with van der Waals surface area (Å²) in [6.45, 7) is 4.14. The lowest BCUT2D eigenvalue weighted by molar-refractivity contribution is 0.215. The van der Waals surface area contributed by atoms with E-state index < -0.39 is 0 Å². The van der Waals surface area contributed by atoms with E-state index in [-0.39, 0.29) is 0 Å². The van der Waals surface area contributed by atoms with Gasteiger partial charge in [0.15, 0.2) is 0 Å². The highest BCUT2D eigenvalue weighted by Gasteiger charge is 2.22. The molecule has 1 saturated heterocycles. The average molecular weight is 298 g/mol. The number of hydrogen-bond acceptors (Lipinski definition) is 4. The molecule has 0 bridgehead atoms. The quantitative estimate of drug-likeness (QED) is 0.643. The van der Waals surface area contributed by atoms with Crippen molar-refractivity contribution in [1.29, 1.82) is 0 Å². The third kappa shape index (κ3) is 2.84. The average Bonchev–Trinajstić information content (AvgIpc) is 2.91. The van der Waals surface area contributed by atoms with Gasteiger partial charge in [-0.15, -0.1) is 0 Å². The SMILES string of the molecule is CON=Cc1c(C)nn(-c2ccccc2)c1N1CCCCC1. The van der Waals surface area contributed by atoms with Crippen molar-refractivity contribution >= 4 is 12.0 Å². The molecule has 2 heterocycles. The summed E-state index contributed by atoms with van der Waals surface area (Å²) in [5.74, 6) is 1.12. The van der Waals surface area contributed by atoms with Gasteiger partial charge in [-0.05, 0) is 38.3 Å². The Balaban J connectivity index is 2.10. The van der Waals surface area contributed by atoms with Crippen LogP contribution in [0.3, 0.4) is 0 Å². The highest BCUT2D eigenvalue weighted by Crippen LogP contribution is 2.28. The van der Waals surface area contributed by atoms with E-state index in [1.165, 1.54) is 19.3 Å². The molecule has 5 heteroatoms. The van der Waals surface area contributed by atoms with Crippen molar-refractivity contribution in [3.8, 4) is 5.69 Å². The highest BCUT2D eigenvalue weighted by molar-refractivity contribution is 5.88. The van der Waals surface area contributed by atoms with E-state index >= 15 is 0 Å². The van der Waals surface area contributed by atoms with E-state index in [0.717, 1.165) is 35.9 Å². The van der Waals surface area contributed by atoms with Crippen LogP contribution in [0.1, 0.15) is 30.5 Å². The number of oxime groups is 1. The van der Waals surface area contributed by atoms with Crippen LogP contribution in [0.4, 0.5) is 5.82 Å². The van der Waals surface area contributed by atoms with Crippen molar-refractivity contribution in [1.82, 2.24) is 9.78 Å². The molecule has 3 rings (SSSR count). The van der Waals surface area contributed by atoms with Gasteiger partial charge in [0, 0.05) is 13.1 Å². The maximum atomic E-state index is 4.87. The molecule has 0 radical (unpaired) electrons. The van der Waals surface area contributed by atoms with Crippen molar-refractivity contribution in [3.63, 3.8) is 0 Å². The van der Waals surface area contributed by atoms with Crippen LogP contribution in [0.5, 0.6) is 0 Å². The van der Waals surface area contributed by atoms with Gasteiger partial charge in [0.1, 0.15) is 12.9 Å². The molecule has 116 valence electrons. The maximum Gasteiger partial charge on any atom is 0.141 e. The van der Waals surface area contributed by atoms with E-state index in [0.29, 0.717) is 0 Å². The van der Waals surface area contributed by atoms with Gasteiger partial charge in [0.05, 0.1) is 23.2 Å². The molecule has 1 aromatic carbocycles. The number of benzene rings is 1. The van der Waals surface area contributed by atoms with Gasteiger partial charge >= 0.3 is 0 Å². The summed E-state index contributed by atoms with van der Waals surface area (Å²) in [5.41, 5.74) is 3.07. The second kappa shape index (κ2) is 6.64. The Morgan fingerprint density at radius 3 is 2.55 bits per heavy atom. The zero-order valence-electron chi connectivity index (χ0n) is 13.2. The fourth-order valence-corrected chi connectivity index (χ4v) is 2.94. The molecule has 0 atom stereocenters. The Kier molecular flexibility index (Phi) is 4.42. The van der Waals surface area contributed by atoms with Gasteiger partial charge < -0.3 is 9.74 Å². The summed E-state index contributed by atoms with van der Waals surface area (Å²) < 4.78 is 2.03. The Morgan fingerprint density at radius 1 is 1.14 bits per heavy atom. The molecule has 0 unspecified atom stereocenters. The summed E-state index contributed by atoms with van der Waals surface area (Å²) in [6.07, 6.45) is 5.52. The molecule has 1 fully saturated rings. The van der Waals surface area contributed by atoms with Gasteiger partial charge in [-0.1, -0.05) is 23.4 Å². The smallest absolute Gasteiger partial charge is 0.141 e. The van der Waals surface area contributed by atoms with Gasteiger partial charge in [0.25, 0.3) is 0 Å². The van der Waals surface area contributed by atoms with Crippen molar-refractivity contribution in [2.24, 2.45) is 5.16 Å². The molecule has 2 aromatic rings. The summed E-state index contributed by atoms with van der Waals surface area (Å²) in [5, 5.41) is 8.70. The zero-order chi connectivity index (χ0) is 15.4. The minimum absolute atomic E-state index is 0.963. The molecule has 5 nitrogen and oxygen atoms in total. The van der Waals surface area contributed by atoms with E-state index in [1.807, 2.05) is 29.8 Å². The third-order valence-electron chi connectivity index (χ3n) is 4.02. The first-order valence-corrected chi connectivity index (χ1v) is 7.78. The topological polar surface area (TPSA) is 42.7 Å².